The molecule has 1 atom stereocenters. The topological polar surface area (TPSA) is 86.3 Å². The molecule has 21 heavy (non-hydrogen) atoms. The first-order valence-corrected chi connectivity index (χ1v) is 6.92. The van der Waals surface area contributed by atoms with E-state index in [2.05, 4.69) is 19.0 Å². The fourth-order valence-corrected chi connectivity index (χ4v) is 2.38. The fourth-order valence-electron chi connectivity index (χ4n) is 2.38. The summed E-state index contributed by atoms with van der Waals surface area (Å²) in [5.74, 6) is 1.18. The molecule has 1 aliphatic heterocycles. The van der Waals surface area contributed by atoms with Gasteiger partial charge in [-0.2, -0.15) is 0 Å². The number of ether oxygens (including phenoxy) is 3. The summed E-state index contributed by atoms with van der Waals surface area (Å²) in [6.45, 7) is 4.64. The SMILES string of the molecule is COc1cc(/C(N)=N/O)ccc1OCC1CCC(C)(C)O1. The number of rotatable bonds is 5. The van der Waals surface area contributed by atoms with Crippen LogP contribution < -0.4 is 15.2 Å². The van der Waals surface area contributed by atoms with E-state index in [4.69, 9.17) is 25.2 Å². The Balaban J connectivity index is 2.03. The van der Waals surface area contributed by atoms with Crippen molar-refractivity contribution in [3.05, 3.63) is 23.8 Å². The van der Waals surface area contributed by atoms with Gasteiger partial charge in [0.2, 0.25) is 0 Å². The monoisotopic (exact) mass is 294 g/mol. The van der Waals surface area contributed by atoms with Crippen LogP contribution in [0.5, 0.6) is 11.5 Å². The van der Waals surface area contributed by atoms with Gasteiger partial charge in [-0.25, -0.2) is 0 Å². The summed E-state index contributed by atoms with van der Waals surface area (Å²) in [7, 11) is 1.55. The largest absolute Gasteiger partial charge is 0.493 e. The van der Waals surface area contributed by atoms with Gasteiger partial charge < -0.3 is 25.2 Å². The van der Waals surface area contributed by atoms with Crippen LogP contribution in [0.15, 0.2) is 23.4 Å². The molecule has 0 aliphatic carbocycles. The minimum absolute atomic E-state index is 0.0284. The highest BCUT2D eigenvalue weighted by Crippen LogP contribution is 2.32. The number of amidine groups is 1. The number of hydrogen-bond donors (Lipinski definition) is 2. The average Bonchev–Trinajstić information content (AvgIpc) is 2.83. The maximum absolute atomic E-state index is 8.69. The van der Waals surface area contributed by atoms with Gasteiger partial charge in [0.05, 0.1) is 18.8 Å². The Labute approximate surface area is 124 Å². The third-order valence-corrected chi connectivity index (χ3v) is 3.55. The van der Waals surface area contributed by atoms with Gasteiger partial charge in [-0.05, 0) is 44.9 Å². The molecule has 1 saturated heterocycles. The highest BCUT2D eigenvalue weighted by Gasteiger charge is 2.32. The van der Waals surface area contributed by atoms with Gasteiger partial charge in [0.1, 0.15) is 6.61 Å². The van der Waals surface area contributed by atoms with Crippen LogP contribution in [0.25, 0.3) is 0 Å². The molecule has 116 valence electrons. The molecule has 1 fully saturated rings. The first-order valence-electron chi connectivity index (χ1n) is 6.92. The van der Waals surface area contributed by atoms with Crippen LogP contribution in [-0.2, 0) is 4.74 Å². The highest BCUT2D eigenvalue weighted by molar-refractivity contribution is 5.97. The van der Waals surface area contributed by atoms with Gasteiger partial charge in [0, 0.05) is 5.56 Å². The first-order chi connectivity index (χ1) is 9.95. The summed E-state index contributed by atoms with van der Waals surface area (Å²) < 4.78 is 16.9. The Morgan fingerprint density at radius 1 is 1.48 bits per heavy atom. The van der Waals surface area contributed by atoms with E-state index in [1.165, 1.54) is 0 Å². The van der Waals surface area contributed by atoms with Crippen molar-refractivity contribution >= 4 is 5.84 Å². The lowest BCUT2D eigenvalue weighted by Gasteiger charge is -2.20. The van der Waals surface area contributed by atoms with Crippen molar-refractivity contribution in [1.29, 1.82) is 0 Å². The van der Waals surface area contributed by atoms with E-state index < -0.39 is 0 Å². The molecule has 1 aromatic carbocycles. The van der Waals surface area contributed by atoms with Crippen LogP contribution in [0.1, 0.15) is 32.3 Å². The van der Waals surface area contributed by atoms with Crippen LogP contribution in [-0.4, -0.2) is 36.5 Å². The number of hydrogen-bond acceptors (Lipinski definition) is 5. The Bertz CT molecular complexity index is 528. The number of oxime groups is 1. The van der Waals surface area contributed by atoms with Crippen LogP contribution in [0.2, 0.25) is 0 Å². The van der Waals surface area contributed by atoms with Gasteiger partial charge in [0.15, 0.2) is 17.3 Å². The standard InChI is InChI=1S/C15H22N2O4/c1-15(2)7-6-11(21-15)9-20-12-5-4-10(14(16)17-18)8-13(12)19-3/h4-5,8,11,18H,6-7,9H2,1-3H3,(H2,16,17). The van der Waals surface area contributed by atoms with E-state index in [-0.39, 0.29) is 17.5 Å². The van der Waals surface area contributed by atoms with Gasteiger partial charge in [-0.15, -0.1) is 0 Å². The lowest BCUT2D eigenvalue weighted by molar-refractivity contribution is -0.0329. The maximum Gasteiger partial charge on any atom is 0.170 e. The molecule has 1 unspecified atom stereocenters. The third kappa shape index (κ3) is 3.78. The second-order valence-corrected chi connectivity index (χ2v) is 5.70. The number of benzene rings is 1. The van der Waals surface area contributed by atoms with Gasteiger partial charge in [-0.3, -0.25) is 0 Å². The van der Waals surface area contributed by atoms with E-state index >= 15 is 0 Å². The zero-order valence-electron chi connectivity index (χ0n) is 12.6. The molecule has 1 aliphatic rings. The summed E-state index contributed by atoms with van der Waals surface area (Å²) in [4.78, 5) is 0. The van der Waals surface area contributed by atoms with E-state index in [1.54, 1.807) is 25.3 Å². The molecule has 1 aromatic rings. The first kappa shape index (κ1) is 15.4. The lowest BCUT2D eigenvalue weighted by atomic mass is 10.1. The van der Waals surface area contributed by atoms with Crippen molar-refractivity contribution in [2.24, 2.45) is 10.9 Å². The zero-order chi connectivity index (χ0) is 15.5. The van der Waals surface area contributed by atoms with Crippen molar-refractivity contribution in [3.8, 4) is 11.5 Å². The molecule has 6 heteroatoms. The number of nitrogens with two attached hydrogens (primary N) is 1. The minimum atomic E-state index is -0.0754. The molecule has 0 saturated carbocycles. The molecule has 0 spiro atoms. The normalized spacial score (nSPS) is 21.3. The maximum atomic E-state index is 8.69. The highest BCUT2D eigenvalue weighted by atomic mass is 16.6. The Morgan fingerprint density at radius 3 is 2.81 bits per heavy atom. The molecule has 2 rings (SSSR count). The molecule has 0 amide bonds. The summed E-state index contributed by atoms with van der Waals surface area (Å²) in [5.41, 5.74) is 6.05. The van der Waals surface area contributed by atoms with Crippen molar-refractivity contribution in [2.45, 2.75) is 38.4 Å². The predicted molar refractivity (Wildman–Crippen MR) is 79.2 cm³/mol. The minimum Gasteiger partial charge on any atom is -0.493 e. The average molecular weight is 294 g/mol. The number of methoxy groups -OCH3 is 1. The quantitative estimate of drug-likeness (QED) is 0.376. The van der Waals surface area contributed by atoms with Gasteiger partial charge >= 0.3 is 0 Å². The summed E-state index contributed by atoms with van der Waals surface area (Å²) in [6, 6.07) is 5.13. The number of nitrogens with zero attached hydrogens (tertiary/aromatic N) is 1. The molecule has 0 aromatic heterocycles. The van der Waals surface area contributed by atoms with E-state index in [0.29, 0.717) is 23.7 Å². The van der Waals surface area contributed by atoms with Crippen molar-refractivity contribution in [2.75, 3.05) is 13.7 Å². The van der Waals surface area contributed by atoms with Crippen molar-refractivity contribution in [3.63, 3.8) is 0 Å². The summed E-state index contributed by atoms with van der Waals surface area (Å²) in [5, 5.41) is 11.7. The third-order valence-electron chi connectivity index (χ3n) is 3.55. The molecule has 1 heterocycles. The van der Waals surface area contributed by atoms with Gasteiger partial charge in [-0.1, -0.05) is 5.16 Å². The molecule has 6 nitrogen and oxygen atoms in total. The predicted octanol–water partition coefficient (Wildman–Crippen LogP) is 2.13. The summed E-state index contributed by atoms with van der Waals surface area (Å²) in [6.07, 6.45) is 2.10. The van der Waals surface area contributed by atoms with Crippen LogP contribution in [0, 0.1) is 0 Å². The lowest BCUT2D eigenvalue weighted by Crippen LogP contribution is -2.24. The zero-order valence-corrected chi connectivity index (χ0v) is 12.6. The van der Waals surface area contributed by atoms with E-state index in [9.17, 15) is 0 Å². The Morgan fingerprint density at radius 2 is 2.24 bits per heavy atom. The van der Waals surface area contributed by atoms with Crippen LogP contribution in [0.3, 0.4) is 0 Å². The smallest absolute Gasteiger partial charge is 0.170 e. The molecular formula is C15H22N2O4. The van der Waals surface area contributed by atoms with E-state index in [1.807, 2.05) is 0 Å². The summed E-state index contributed by atoms with van der Waals surface area (Å²) >= 11 is 0. The van der Waals surface area contributed by atoms with E-state index in [0.717, 1.165) is 12.8 Å². The van der Waals surface area contributed by atoms with Crippen molar-refractivity contribution < 1.29 is 19.4 Å². The van der Waals surface area contributed by atoms with Crippen molar-refractivity contribution in [1.82, 2.24) is 0 Å². The molecule has 3 N–H and O–H groups in total. The molecule has 0 radical (unpaired) electrons. The Hall–Kier alpha value is -1.95. The second kappa shape index (κ2) is 6.22. The fraction of sp³-hybridized carbons (Fsp3) is 0.533. The molecule has 0 bridgehead atoms. The van der Waals surface area contributed by atoms with Crippen LogP contribution in [0.4, 0.5) is 0 Å². The molecular weight excluding hydrogens is 272 g/mol. The second-order valence-electron chi connectivity index (χ2n) is 5.70. The van der Waals surface area contributed by atoms with Crippen LogP contribution >= 0.6 is 0 Å². The Kier molecular flexibility index (Phi) is 4.57. The van der Waals surface area contributed by atoms with Gasteiger partial charge in [0.25, 0.3) is 0 Å².